The molecule has 5 heteroatoms. The van der Waals surface area contributed by atoms with Crippen LogP contribution in [0.4, 0.5) is 0 Å². The smallest absolute Gasteiger partial charge is 0.116 e. The van der Waals surface area contributed by atoms with Gasteiger partial charge in [0.1, 0.15) is 18.3 Å². The number of benzene rings is 4. The van der Waals surface area contributed by atoms with Crippen LogP contribution in [0.3, 0.4) is 0 Å². The second kappa shape index (κ2) is 15.1. The highest BCUT2D eigenvalue weighted by atomic mass is 79.9. The van der Waals surface area contributed by atoms with Crippen molar-refractivity contribution >= 4 is 15.9 Å². The van der Waals surface area contributed by atoms with Crippen LogP contribution in [0.2, 0.25) is 0 Å². The molecule has 0 amide bonds. The predicted octanol–water partition coefficient (Wildman–Crippen LogP) is 7.66. The van der Waals surface area contributed by atoms with Crippen LogP contribution in [0.25, 0.3) is 0 Å². The molecular weight excluding hydrogens is 564 g/mol. The molecule has 0 saturated carbocycles. The van der Waals surface area contributed by atoms with Gasteiger partial charge in [-0.05, 0) is 27.8 Å². The summed E-state index contributed by atoms with van der Waals surface area (Å²) < 4.78 is 26.1. The molecule has 0 fully saturated rings. The molecule has 0 aliphatic heterocycles. The first kappa shape index (κ1) is 28.5. The number of ether oxygens (including phenoxy) is 4. The lowest BCUT2D eigenvalue weighted by Gasteiger charge is -2.40. The topological polar surface area (TPSA) is 36.9 Å². The molecule has 4 atom stereocenters. The second-order valence-corrected chi connectivity index (χ2v) is 11.0. The van der Waals surface area contributed by atoms with Gasteiger partial charge in [0, 0.05) is 0 Å². The van der Waals surface area contributed by atoms with E-state index >= 15 is 0 Å². The first-order valence-electron chi connectivity index (χ1n) is 13.7. The molecule has 0 bridgehead atoms. The lowest BCUT2D eigenvalue weighted by atomic mass is 9.90. The highest BCUT2D eigenvalue weighted by molar-refractivity contribution is 9.09. The summed E-state index contributed by atoms with van der Waals surface area (Å²) in [5.41, 5.74) is 5.51. The third kappa shape index (κ3) is 8.23. The summed E-state index contributed by atoms with van der Waals surface area (Å²) in [7, 11) is 0. The Labute approximate surface area is 245 Å². The van der Waals surface area contributed by atoms with Crippen molar-refractivity contribution in [3.63, 3.8) is 0 Å². The molecule has 1 aliphatic rings. The van der Waals surface area contributed by atoms with Gasteiger partial charge in [-0.15, -0.1) is 0 Å². The predicted molar refractivity (Wildman–Crippen MR) is 162 cm³/mol. The van der Waals surface area contributed by atoms with Gasteiger partial charge in [0.25, 0.3) is 0 Å². The summed E-state index contributed by atoms with van der Waals surface area (Å²) in [5.74, 6) is 0. The maximum atomic E-state index is 6.66. The average molecular weight is 600 g/mol. The number of halogens is 1. The molecule has 0 heterocycles. The molecule has 40 heavy (non-hydrogen) atoms. The van der Waals surface area contributed by atoms with E-state index in [1.54, 1.807) is 0 Å². The van der Waals surface area contributed by atoms with Gasteiger partial charge in [0.05, 0.1) is 37.9 Å². The summed E-state index contributed by atoms with van der Waals surface area (Å²) >= 11 is 3.90. The Hall–Kier alpha value is -3.06. The van der Waals surface area contributed by atoms with E-state index < -0.39 is 0 Å². The monoisotopic (exact) mass is 598 g/mol. The van der Waals surface area contributed by atoms with E-state index in [1.807, 2.05) is 72.8 Å². The van der Waals surface area contributed by atoms with E-state index in [9.17, 15) is 0 Å². The molecule has 4 aromatic rings. The Morgan fingerprint density at radius 2 is 0.850 bits per heavy atom. The van der Waals surface area contributed by atoms with E-state index in [4.69, 9.17) is 18.9 Å². The fourth-order valence-corrected chi connectivity index (χ4v) is 5.61. The van der Waals surface area contributed by atoms with Crippen molar-refractivity contribution in [1.29, 1.82) is 0 Å². The molecule has 0 unspecified atom stereocenters. The first-order valence-corrected chi connectivity index (χ1v) is 14.6. The molecule has 5 rings (SSSR count). The van der Waals surface area contributed by atoms with Crippen LogP contribution in [-0.4, -0.2) is 29.7 Å². The Balaban J connectivity index is 1.38. The molecule has 4 nitrogen and oxygen atoms in total. The Morgan fingerprint density at radius 3 is 1.32 bits per heavy atom. The normalized spacial score (nSPS) is 20.7. The Kier molecular flexibility index (Phi) is 10.7. The van der Waals surface area contributed by atoms with E-state index in [0.29, 0.717) is 33.0 Å². The van der Waals surface area contributed by atoms with E-state index in [-0.39, 0.29) is 23.1 Å². The number of rotatable bonds is 13. The standard InChI is InChI=1S/C35H35BrO4/c36-32-21-31(26-37-22-27-13-5-1-6-14-27)33(38-23-28-15-7-2-8-16-28)35(40-25-30-19-11-4-12-20-30)34(32)39-24-29-17-9-3-10-18-29/h1-21,32-35H,22-26H2/t32-,33+,34-,35-/m0/s1. The van der Waals surface area contributed by atoms with Crippen LogP contribution in [0, 0.1) is 0 Å². The lowest BCUT2D eigenvalue weighted by Crippen LogP contribution is -2.51. The van der Waals surface area contributed by atoms with Crippen LogP contribution < -0.4 is 0 Å². The number of hydrogen-bond acceptors (Lipinski definition) is 4. The molecule has 206 valence electrons. The minimum absolute atomic E-state index is 0.0658. The van der Waals surface area contributed by atoms with Gasteiger partial charge >= 0.3 is 0 Å². The quantitative estimate of drug-likeness (QED) is 0.117. The highest BCUT2D eigenvalue weighted by Gasteiger charge is 2.42. The number of hydrogen-bond donors (Lipinski definition) is 0. The van der Waals surface area contributed by atoms with Gasteiger partial charge in [-0.1, -0.05) is 143 Å². The molecule has 1 aliphatic carbocycles. The summed E-state index contributed by atoms with van der Waals surface area (Å²) in [6, 6.07) is 40.9. The Bertz CT molecular complexity index is 1300. The number of alkyl halides is 1. The van der Waals surface area contributed by atoms with E-state index in [1.165, 1.54) is 0 Å². The summed E-state index contributed by atoms with van der Waals surface area (Å²) in [4.78, 5) is -0.0658. The van der Waals surface area contributed by atoms with Crippen molar-refractivity contribution in [3.05, 3.63) is 155 Å². The van der Waals surface area contributed by atoms with Crippen LogP contribution >= 0.6 is 15.9 Å². The molecule has 0 N–H and O–H groups in total. The van der Waals surface area contributed by atoms with Crippen molar-refractivity contribution in [1.82, 2.24) is 0 Å². The molecule has 4 aromatic carbocycles. The maximum Gasteiger partial charge on any atom is 0.116 e. The van der Waals surface area contributed by atoms with Gasteiger partial charge in [-0.2, -0.15) is 0 Å². The summed E-state index contributed by atoms with van der Waals surface area (Å²) in [6.45, 7) is 2.37. The van der Waals surface area contributed by atoms with Gasteiger partial charge < -0.3 is 18.9 Å². The van der Waals surface area contributed by atoms with Gasteiger partial charge in [-0.3, -0.25) is 0 Å². The minimum Gasteiger partial charge on any atom is -0.372 e. The minimum atomic E-state index is -0.350. The third-order valence-electron chi connectivity index (χ3n) is 6.90. The fraction of sp³-hybridized carbons (Fsp3) is 0.257. The molecule has 0 aromatic heterocycles. The van der Waals surface area contributed by atoms with Crippen LogP contribution in [-0.2, 0) is 45.4 Å². The van der Waals surface area contributed by atoms with Gasteiger partial charge in [-0.25, -0.2) is 0 Å². The van der Waals surface area contributed by atoms with Crippen LogP contribution in [0.15, 0.2) is 133 Å². The molecular formula is C35H35BrO4. The molecule has 0 radical (unpaired) electrons. The average Bonchev–Trinajstić information content (AvgIpc) is 3.01. The zero-order valence-corrected chi connectivity index (χ0v) is 24.1. The van der Waals surface area contributed by atoms with Crippen molar-refractivity contribution < 1.29 is 18.9 Å². The highest BCUT2D eigenvalue weighted by Crippen LogP contribution is 2.33. The van der Waals surface area contributed by atoms with Crippen molar-refractivity contribution in [2.24, 2.45) is 0 Å². The molecule has 0 saturated heterocycles. The van der Waals surface area contributed by atoms with Gasteiger partial charge in [0.2, 0.25) is 0 Å². The summed E-state index contributed by atoms with van der Waals surface area (Å²) in [5, 5.41) is 0. The third-order valence-corrected chi connectivity index (χ3v) is 7.68. The van der Waals surface area contributed by atoms with Crippen molar-refractivity contribution in [2.45, 2.75) is 49.6 Å². The maximum absolute atomic E-state index is 6.66. The van der Waals surface area contributed by atoms with Crippen molar-refractivity contribution in [2.75, 3.05) is 6.61 Å². The largest absolute Gasteiger partial charge is 0.372 e. The van der Waals surface area contributed by atoms with E-state index in [0.717, 1.165) is 27.8 Å². The fourth-order valence-electron chi connectivity index (χ4n) is 4.81. The van der Waals surface area contributed by atoms with Crippen LogP contribution in [0.1, 0.15) is 22.3 Å². The second-order valence-electron chi connectivity index (χ2n) is 9.90. The summed E-state index contributed by atoms with van der Waals surface area (Å²) in [6.07, 6.45) is 1.23. The SMILES string of the molecule is Br[C@H]1C=C(COCc2ccccc2)[C@@H](OCc2ccccc2)[C@H](OCc2ccccc2)[C@H]1OCc1ccccc1. The zero-order chi connectivity index (χ0) is 27.4. The Morgan fingerprint density at radius 1 is 0.450 bits per heavy atom. The molecule has 0 spiro atoms. The zero-order valence-electron chi connectivity index (χ0n) is 22.5. The van der Waals surface area contributed by atoms with Crippen molar-refractivity contribution in [3.8, 4) is 0 Å². The van der Waals surface area contributed by atoms with E-state index in [2.05, 4.69) is 70.5 Å². The first-order chi connectivity index (χ1) is 19.8. The van der Waals surface area contributed by atoms with Crippen LogP contribution in [0.5, 0.6) is 0 Å². The lowest BCUT2D eigenvalue weighted by molar-refractivity contribution is -0.145. The van der Waals surface area contributed by atoms with Gasteiger partial charge in [0.15, 0.2) is 0 Å².